The van der Waals surface area contributed by atoms with Gasteiger partial charge in [0.25, 0.3) is 5.91 Å². The Bertz CT molecular complexity index is 676. The molecule has 0 aliphatic heterocycles. The van der Waals surface area contributed by atoms with E-state index in [2.05, 4.69) is 19.2 Å². The number of ether oxygens (including phenoxy) is 1. The van der Waals surface area contributed by atoms with Crippen LogP contribution in [0.5, 0.6) is 0 Å². The molecule has 2 rings (SSSR count). The predicted molar refractivity (Wildman–Crippen MR) is 89.3 cm³/mol. The van der Waals surface area contributed by atoms with Gasteiger partial charge in [-0.2, -0.15) is 0 Å². The predicted octanol–water partition coefficient (Wildman–Crippen LogP) is 3.53. The molecule has 1 aromatic carbocycles. The average Bonchev–Trinajstić information content (AvgIpc) is 2.82. The van der Waals surface area contributed by atoms with E-state index in [9.17, 15) is 9.59 Å². The monoisotopic (exact) mass is 319 g/mol. The molecule has 1 amide bonds. The molecule has 0 unspecified atom stereocenters. The maximum Gasteiger partial charge on any atom is 0.349 e. The number of rotatable bonds is 6. The summed E-state index contributed by atoms with van der Waals surface area (Å²) in [7, 11) is 0. The van der Waals surface area contributed by atoms with Gasteiger partial charge in [-0.3, -0.25) is 4.79 Å². The average molecular weight is 319 g/mol. The quantitative estimate of drug-likeness (QED) is 0.829. The number of nitrogens with one attached hydrogen (secondary N) is 1. The number of hydrogen-bond acceptors (Lipinski definition) is 4. The molecule has 0 spiro atoms. The van der Waals surface area contributed by atoms with Gasteiger partial charge < -0.3 is 10.1 Å². The summed E-state index contributed by atoms with van der Waals surface area (Å²) in [5.41, 5.74) is 0.908. The van der Waals surface area contributed by atoms with E-state index in [1.54, 1.807) is 0 Å². The van der Waals surface area contributed by atoms with Crippen molar-refractivity contribution in [2.45, 2.75) is 27.2 Å². The highest BCUT2D eigenvalue weighted by Gasteiger charge is 2.17. The van der Waals surface area contributed by atoms with E-state index in [1.165, 1.54) is 11.3 Å². The van der Waals surface area contributed by atoms with Crippen LogP contribution in [-0.2, 0) is 9.53 Å². The van der Waals surface area contributed by atoms with E-state index in [0.29, 0.717) is 17.3 Å². The molecule has 4 nitrogen and oxygen atoms in total. The Kier molecular flexibility index (Phi) is 5.55. The minimum Gasteiger partial charge on any atom is -0.451 e. The summed E-state index contributed by atoms with van der Waals surface area (Å²) in [5, 5.41) is 3.81. The Morgan fingerprint density at radius 3 is 2.68 bits per heavy atom. The van der Waals surface area contributed by atoms with Crippen molar-refractivity contribution >= 4 is 33.3 Å². The molecule has 1 aromatic heterocycles. The third-order valence-electron chi connectivity index (χ3n) is 3.41. The van der Waals surface area contributed by atoms with Gasteiger partial charge in [0, 0.05) is 11.2 Å². The molecule has 0 atom stereocenters. The second-order valence-corrected chi connectivity index (χ2v) is 6.71. The Morgan fingerprint density at radius 1 is 1.27 bits per heavy atom. The van der Waals surface area contributed by atoms with E-state index in [4.69, 9.17) is 4.74 Å². The first-order chi connectivity index (χ1) is 10.5. The summed E-state index contributed by atoms with van der Waals surface area (Å²) < 4.78 is 6.17. The number of fused-ring (bicyclic) bond motifs is 1. The van der Waals surface area contributed by atoms with Crippen LogP contribution >= 0.6 is 11.3 Å². The third-order valence-corrected chi connectivity index (χ3v) is 4.66. The summed E-state index contributed by atoms with van der Waals surface area (Å²) in [6, 6.07) is 7.84. The highest BCUT2D eigenvalue weighted by molar-refractivity contribution is 7.21. The molecule has 2 aromatic rings. The first-order valence-corrected chi connectivity index (χ1v) is 8.22. The number of thiophene rings is 1. The lowest BCUT2D eigenvalue weighted by Gasteiger charge is -2.07. The second kappa shape index (κ2) is 7.40. The fourth-order valence-electron chi connectivity index (χ4n) is 2.12. The molecule has 0 aliphatic rings. The van der Waals surface area contributed by atoms with Crippen molar-refractivity contribution in [3.05, 3.63) is 34.7 Å². The largest absolute Gasteiger partial charge is 0.451 e. The zero-order chi connectivity index (χ0) is 16.1. The summed E-state index contributed by atoms with van der Waals surface area (Å²) in [4.78, 5) is 24.3. The SMILES string of the molecule is Cc1c(C(=O)OCC(=O)NCCC(C)C)sc2ccccc12. The smallest absolute Gasteiger partial charge is 0.349 e. The topological polar surface area (TPSA) is 55.4 Å². The molecule has 0 radical (unpaired) electrons. The molecular weight excluding hydrogens is 298 g/mol. The van der Waals surface area contributed by atoms with E-state index in [1.807, 2.05) is 31.2 Å². The second-order valence-electron chi connectivity index (χ2n) is 5.66. The number of esters is 1. The van der Waals surface area contributed by atoms with Gasteiger partial charge in [-0.05, 0) is 36.3 Å². The molecule has 1 heterocycles. The highest BCUT2D eigenvalue weighted by Crippen LogP contribution is 2.30. The van der Waals surface area contributed by atoms with E-state index in [-0.39, 0.29) is 12.5 Å². The van der Waals surface area contributed by atoms with Crippen LogP contribution in [0, 0.1) is 12.8 Å². The number of carbonyl (C=O) groups is 2. The molecule has 0 saturated carbocycles. The molecule has 1 N–H and O–H groups in total. The Morgan fingerprint density at radius 2 is 2.00 bits per heavy atom. The third kappa shape index (κ3) is 4.07. The van der Waals surface area contributed by atoms with E-state index < -0.39 is 5.97 Å². The molecule has 0 fully saturated rings. The summed E-state index contributed by atoms with van der Waals surface area (Å²) >= 11 is 1.40. The number of hydrogen-bond donors (Lipinski definition) is 1. The van der Waals surface area contributed by atoms with Crippen molar-refractivity contribution in [3.8, 4) is 0 Å². The number of benzene rings is 1. The zero-order valence-corrected chi connectivity index (χ0v) is 14.0. The maximum absolute atomic E-state index is 12.1. The molecule has 22 heavy (non-hydrogen) atoms. The minimum absolute atomic E-state index is 0.232. The Labute approximate surface area is 134 Å². The summed E-state index contributed by atoms with van der Waals surface area (Å²) in [6.45, 7) is 6.46. The number of amides is 1. The number of carbonyl (C=O) groups excluding carboxylic acids is 2. The van der Waals surface area contributed by atoms with Gasteiger partial charge in [-0.1, -0.05) is 32.0 Å². The van der Waals surface area contributed by atoms with E-state index in [0.717, 1.165) is 22.1 Å². The van der Waals surface area contributed by atoms with Crippen molar-refractivity contribution in [3.63, 3.8) is 0 Å². The first kappa shape index (κ1) is 16.5. The lowest BCUT2D eigenvalue weighted by Crippen LogP contribution is -2.30. The van der Waals surface area contributed by atoms with Crippen molar-refractivity contribution in [1.82, 2.24) is 5.32 Å². The molecule has 5 heteroatoms. The molecular formula is C17H21NO3S. The Hall–Kier alpha value is -1.88. The lowest BCUT2D eigenvalue weighted by molar-refractivity contribution is -0.124. The van der Waals surface area contributed by atoms with Gasteiger partial charge in [0.1, 0.15) is 4.88 Å². The van der Waals surface area contributed by atoms with Crippen LogP contribution < -0.4 is 5.32 Å². The lowest BCUT2D eigenvalue weighted by atomic mass is 10.1. The van der Waals surface area contributed by atoms with Gasteiger partial charge in [-0.15, -0.1) is 11.3 Å². The number of aryl methyl sites for hydroxylation is 1. The van der Waals surface area contributed by atoms with Gasteiger partial charge in [0.15, 0.2) is 6.61 Å². The first-order valence-electron chi connectivity index (χ1n) is 7.41. The molecule has 0 bridgehead atoms. The summed E-state index contributed by atoms with van der Waals surface area (Å²) in [6.07, 6.45) is 0.912. The fourth-order valence-corrected chi connectivity index (χ4v) is 3.22. The molecule has 0 saturated heterocycles. The highest BCUT2D eigenvalue weighted by atomic mass is 32.1. The van der Waals surface area contributed by atoms with Crippen LogP contribution in [0.1, 0.15) is 35.5 Å². The summed E-state index contributed by atoms with van der Waals surface area (Å²) in [5.74, 6) is -0.158. The maximum atomic E-state index is 12.1. The van der Waals surface area contributed by atoms with Gasteiger partial charge in [0.2, 0.25) is 0 Å². The Balaban J connectivity index is 1.91. The van der Waals surface area contributed by atoms with Crippen LogP contribution in [0.25, 0.3) is 10.1 Å². The van der Waals surface area contributed by atoms with Crippen molar-refractivity contribution in [2.24, 2.45) is 5.92 Å². The van der Waals surface area contributed by atoms with Gasteiger partial charge in [-0.25, -0.2) is 4.79 Å². The van der Waals surface area contributed by atoms with Crippen LogP contribution in [0.4, 0.5) is 0 Å². The van der Waals surface area contributed by atoms with Gasteiger partial charge >= 0.3 is 5.97 Å². The van der Waals surface area contributed by atoms with Gasteiger partial charge in [0.05, 0.1) is 0 Å². The standard InChI is InChI=1S/C17H21NO3S/c1-11(2)8-9-18-15(19)10-21-17(20)16-12(3)13-6-4-5-7-14(13)22-16/h4-7,11H,8-10H2,1-3H3,(H,18,19). The zero-order valence-electron chi connectivity index (χ0n) is 13.1. The van der Waals surface area contributed by atoms with Crippen molar-refractivity contribution in [2.75, 3.05) is 13.2 Å². The normalized spacial score (nSPS) is 10.9. The minimum atomic E-state index is -0.433. The fraction of sp³-hybridized carbons (Fsp3) is 0.412. The van der Waals surface area contributed by atoms with Crippen LogP contribution in [0.15, 0.2) is 24.3 Å². The molecule has 118 valence electrons. The molecule has 0 aliphatic carbocycles. The van der Waals surface area contributed by atoms with Crippen LogP contribution in [0.3, 0.4) is 0 Å². The van der Waals surface area contributed by atoms with Crippen molar-refractivity contribution in [1.29, 1.82) is 0 Å². The van der Waals surface area contributed by atoms with Crippen molar-refractivity contribution < 1.29 is 14.3 Å². The van der Waals surface area contributed by atoms with E-state index >= 15 is 0 Å². The van der Waals surface area contributed by atoms with Crippen LogP contribution in [0.2, 0.25) is 0 Å². The van der Waals surface area contributed by atoms with Crippen LogP contribution in [-0.4, -0.2) is 25.0 Å².